The van der Waals surface area contributed by atoms with E-state index in [4.69, 9.17) is 4.55 Å². The smallest absolute Gasteiger partial charge is 0.281 e. The molecule has 0 atom stereocenters. The van der Waals surface area contributed by atoms with Crippen molar-refractivity contribution in [1.29, 1.82) is 0 Å². The Bertz CT molecular complexity index is 483. The SMILES string of the molecule is O=S(=O)(O)C(F)(F)c1cccc(F)c1F. The lowest BCUT2D eigenvalue weighted by atomic mass is 10.2. The molecular formula is C7H4F4O3S. The first kappa shape index (κ1) is 11.9. The van der Waals surface area contributed by atoms with Gasteiger partial charge in [-0.15, -0.1) is 0 Å². The van der Waals surface area contributed by atoms with Gasteiger partial charge in [-0.3, -0.25) is 4.55 Å². The molecule has 0 spiro atoms. The first-order valence-corrected chi connectivity index (χ1v) is 4.91. The van der Waals surface area contributed by atoms with Crippen LogP contribution < -0.4 is 0 Å². The van der Waals surface area contributed by atoms with E-state index in [1.807, 2.05) is 0 Å². The third-order valence-electron chi connectivity index (χ3n) is 1.59. The van der Waals surface area contributed by atoms with Gasteiger partial charge in [0.15, 0.2) is 11.6 Å². The lowest BCUT2D eigenvalue weighted by molar-refractivity contribution is 0.0740. The van der Waals surface area contributed by atoms with Gasteiger partial charge in [0.2, 0.25) is 0 Å². The lowest BCUT2D eigenvalue weighted by Gasteiger charge is -2.13. The molecule has 0 aliphatic rings. The van der Waals surface area contributed by atoms with Gasteiger partial charge in [-0.05, 0) is 12.1 Å². The first-order valence-electron chi connectivity index (χ1n) is 3.47. The van der Waals surface area contributed by atoms with Crippen molar-refractivity contribution in [2.24, 2.45) is 0 Å². The molecule has 0 radical (unpaired) electrons. The zero-order valence-corrected chi connectivity index (χ0v) is 7.73. The Hall–Kier alpha value is -1.15. The summed E-state index contributed by atoms with van der Waals surface area (Å²) in [5.74, 6) is -3.64. The number of rotatable bonds is 2. The van der Waals surface area contributed by atoms with Gasteiger partial charge in [-0.1, -0.05) is 6.07 Å². The van der Waals surface area contributed by atoms with Gasteiger partial charge in [0.25, 0.3) is 0 Å². The normalized spacial score (nSPS) is 12.9. The predicted molar refractivity (Wildman–Crippen MR) is 41.8 cm³/mol. The maximum absolute atomic E-state index is 12.9. The lowest BCUT2D eigenvalue weighted by Crippen LogP contribution is -2.27. The topological polar surface area (TPSA) is 54.4 Å². The van der Waals surface area contributed by atoms with E-state index in [2.05, 4.69) is 0 Å². The van der Waals surface area contributed by atoms with Crippen molar-refractivity contribution in [3.05, 3.63) is 35.4 Å². The van der Waals surface area contributed by atoms with E-state index in [9.17, 15) is 26.0 Å². The quantitative estimate of drug-likeness (QED) is 0.638. The Kier molecular flexibility index (Phi) is 2.75. The zero-order valence-electron chi connectivity index (χ0n) is 6.92. The molecule has 0 bridgehead atoms. The summed E-state index contributed by atoms with van der Waals surface area (Å²) in [6, 6.07) is 1.61. The van der Waals surface area contributed by atoms with Crippen LogP contribution in [0.3, 0.4) is 0 Å². The third-order valence-corrected chi connectivity index (χ3v) is 2.46. The van der Waals surface area contributed by atoms with E-state index in [-0.39, 0.29) is 0 Å². The van der Waals surface area contributed by atoms with Crippen LogP contribution in [0, 0.1) is 11.6 Å². The minimum atomic E-state index is -5.83. The number of hydrogen-bond donors (Lipinski definition) is 1. The molecule has 84 valence electrons. The zero-order chi connectivity index (χ0) is 11.9. The summed E-state index contributed by atoms with van der Waals surface area (Å²) in [4.78, 5) is 0. The predicted octanol–water partition coefficient (Wildman–Crippen LogP) is 1.90. The second-order valence-corrected chi connectivity index (χ2v) is 4.06. The van der Waals surface area contributed by atoms with Gasteiger partial charge >= 0.3 is 15.4 Å². The van der Waals surface area contributed by atoms with E-state index in [0.717, 1.165) is 0 Å². The van der Waals surface area contributed by atoms with E-state index >= 15 is 0 Å². The van der Waals surface area contributed by atoms with Crippen molar-refractivity contribution in [3.8, 4) is 0 Å². The molecule has 0 aromatic heterocycles. The van der Waals surface area contributed by atoms with Gasteiger partial charge in [0.05, 0.1) is 5.56 Å². The molecule has 1 rings (SSSR count). The Balaban J connectivity index is 3.47. The Morgan fingerprint density at radius 2 is 1.73 bits per heavy atom. The maximum Gasteiger partial charge on any atom is 0.398 e. The molecule has 0 heterocycles. The van der Waals surface area contributed by atoms with Crippen LogP contribution in [0.2, 0.25) is 0 Å². The molecule has 0 aliphatic heterocycles. The van der Waals surface area contributed by atoms with Crippen molar-refractivity contribution in [1.82, 2.24) is 0 Å². The van der Waals surface area contributed by atoms with Crippen LogP contribution >= 0.6 is 0 Å². The minimum Gasteiger partial charge on any atom is -0.281 e. The fraction of sp³-hybridized carbons (Fsp3) is 0.143. The van der Waals surface area contributed by atoms with Crippen LogP contribution in [0.4, 0.5) is 17.6 Å². The van der Waals surface area contributed by atoms with Crippen molar-refractivity contribution < 1.29 is 30.5 Å². The fourth-order valence-electron chi connectivity index (χ4n) is 0.868. The summed E-state index contributed by atoms with van der Waals surface area (Å²) >= 11 is 0. The highest BCUT2D eigenvalue weighted by atomic mass is 32.2. The average Bonchev–Trinajstić information content (AvgIpc) is 2.07. The van der Waals surface area contributed by atoms with Gasteiger partial charge in [0, 0.05) is 0 Å². The molecule has 0 aliphatic carbocycles. The monoisotopic (exact) mass is 244 g/mol. The maximum atomic E-state index is 12.9. The van der Waals surface area contributed by atoms with Gasteiger partial charge < -0.3 is 0 Å². The molecule has 0 amide bonds. The summed E-state index contributed by atoms with van der Waals surface area (Å²) in [5, 5.41) is -4.88. The second-order valence-electron chi connectivity index (χ2n) is 2.59. The molecule has 0 fully saturated rings. The van der Waals surface area contributed by atoms with Crippen LogP contribution in [0.5, 0.6) is 0 Å². The summed E-state index contributed by atoms with van der Waals surface area (Å²) < 4.78 is 79.6. The van der Waals surface area contributed by atoms with Gasteiger partial charge in [0.1, 0.15) is 0 Å². The van der Waals surface area contributed by atoms with E-state index in [0.29, 0.717) is 18.2 Å². The second kappa shape index (κ2) is 3.46. The molecule has 15 heavy (non-hydrogen) atoms. The standard InChI is InChI=1S/C7H4F4O3S/c8-5-3-1-2-4(6(5)9)7(10,11)15(12,13)14/h1-3H,(H,12,13,14). The van der Waals surface area contributed by atoms with Crippen LogP contribution in [-0.4, -0.2) is 13.0 Å². The molecular weight excluding hydrogens is 240 g/mol. The highest BCUT2D eigenvalue weighted by Gasteiger charge is 2.48. The summed E-state index contributed by atoms with van der Waals surface area (Å²) in [7, 11) is -5.83. The van der Waals surface area contributed by atoms with Crippen LogP contribution in [0.1, 0.15) is 5.56 Å². The Morgan fingerprint density at radius 3 is 2.20 bits per heavy atom. The molecule has 0 saturated heterocycles. The summed E-state index contributed by atoms with van der Waals surface area (Å²) in [5.41, 5.74) is -1.73. The molecule has 1 N–H and O–H groups in total. The molecule has 3 nitrogen and oxygen atoms in total. The van der Waals surface area contributed by atoms with E-state index in [1.165, 1.54) is 0 Å². The highest BCUT2D eigenvalue weighted by Crippen LogP contribution is 2.35. The first-order chi connectivity index (χ1) is 6.68. The number of halogens is 4. The molecule has 1 aromatic carbocycles. The fourth-order valence-corrected chi connectivity index (χ4v) is 1.30. The van der Waals surface area contributed by atoms with E-state index in [1.54, 1.807) is 0 Å². The van der Waals surface area contributed by atoms with Crippen LogP contribution in [-0.2, 0) is 15.4 Å². The summed E-state index contributed by atoms with van der Waals surface area (Å²) in [6.45, 7) is 0. The number of benzene rings is 1. The van der Waals surface area contributed by atoms with Gasteiger partial charge in [-0.25, -0.2) is 8.78 Å². The molecule has 1 aromatic rings. The van der Waals surface area contributed by atoms with Crippen molar-refractivity contribution in [2.75, 3.05) is 0 Å². The molecule has 0 saturated carbocycles. The van der Waals surface area contributed by atoms with Crippen molar-refractivity contribution in [3.63, 3.8) is 0 Å². The summed E-state index contributed by atoms with van der Waals surface area (Å²) in [6.07, 6.45) is 0. The number of alkyl halides is 2. The van der Waals surface area contributed by atoms with Crippen LogP contribution in [0.15, 0.2) is 18.2 Å². The Labute approximate surface area is 82.1 Å². The average molecular weight is 244 g/mol. The third kappa shape index (κ3) is 1.95. The highest BCUT2D eigenvalue weighted by molar-refractivity contribution is 7.86. The van der Waals surface area contributed by atoms with Crippen molar-refractivity contribution >= 4 is 10.1 Å². The van der Waals surface area contributed by atoms with E-state index < -0.39 is 32.6 Å². The number of hydrogen-bond acceptors (Lipinski definition) is 2. The van der Waals surface area contributed by atoms with Crippen molar-refractivity contribution in [2.45, 2.75) is 5.25 Å². The Morgan fingerprint density at radius 1 is 1.20 bits per heavy atom. The minimum absolute atomic E-state index is 0.367. The largest absolute Gasteiger partial charge is 0.398 e. The van der Waals surface area contributed by atoms with Gasteiger partial charge in [-0.2, -0.15) is 17.2 Å². The molecule has 0 unspecified atom stereocenters. The molecule has 8 heteroatoms. The van der Waals surface area contributed by atoms with Crippen LogP contribution in [0.25, 0.3) is 0 Å².